The lowest BCUT2D eigenvalue weighted by Crippen LogP contribution is -2.08. The average Bonchev–Trinajstić information content (AvgIpc) is 2.66. The number of para-hydroxylation sites is 2. The summed E-state index contributed by atoms with van der Waals surface area (Å²) in [6, 6.07) is 15.1. The Morgan fingerprint density at radius 1 is 1.00 bits per heavy atom. The maximum absolute atomic E-state index is 14.2. The SMILES string of the molecule is CN(C)c1ccc(Nc2ncc(F)c(Nc3ccccc3NSN)n2)cc1. The fourth-order valence-corrected chi connectivity index (χ4v) is 2.66. The number of hydrogen-bond acceptors (Lipinski definition) is 8. The predicted molar refractivity (Wildman–Crippen MR) is 111 cm³/mol. The van der Waals surface area contributed by atoms with Crippen molar-refractivity contribution in [3.63, 3.8) is 0 Å². The standard InChI is InChI=1S/C18H20FN7S/c1-26(2)13-9-7-12(8-10-13)22-18-21-11-14(19)17(24-18)23-15-5-3-4-6-16(15)25-27-20/h3-11,25H,20H2,1-2H3,(H2,21,22,23,24). The molecule has 5 N–H and O–H groups in total. The third kappa shape index (κ3) is 4.78. The fourth-order valence-electron chi connectivity index (χ4n) is 2.36. The van der Waals surface area contributed by atoms with Crippen molar-refractivity contribution in [2.45, 2.75) is 0 Å². The van der Waals surface area contributed by atoms with Crippen molar-refractivity contribution in [3.05, 3.63) is 60.5 Å². The Bertz CT molecular complexity index is 902. The van der Waals surface area contributed by atoms with Crippen molar-refractivity contribution < 1.29 is 4.39 Å². The summed E-state index contributed by atoms with van der Waals surface area (Å²) in [4.78, 5) is 10.2. The molecule has 0 atom stereocenters. The van der Waals surface area contributed by atoms with E-state index in [9.17, 15) is 4.39 Å². The van der Waals surface area contributed by atoms with E-state index in [1.807, 2.05) is 61.5 Å². The van der Waals surface area contributed by atoms with Crippen LogP contribution in [-0.2, 0) is 0 Å². The molecule has 2 aromatic carbocycles. The zero-order chi connectivity index (χ0) is 19.2. The highest BCUT2D eigenvalue weighted by Gasteiger charge is 2.10. The van der Waals surface area contributed by atoms with Gasteiger partial charge in [0.2, 0.25) is 5.95 Å². The van der Waals surface area contributed by atoms with E-state index in [0.29, 0.717) is 5.69 Å². The first kappa shape index (κ1) is 18.7. The Balaban J connectivity index is 1.80. The van der Waals surface area contributed by atoms with E-state index in [4.69, 9.17) is 5.14 Å². The molecule has 0 radical (unpaired) electrons. The van der Waals surface area contributed by atoms with E-state index in [1.54, 1.807) is 6.07 Å². The summed E-state index contributed by atoms with van der Waals surface area (Å²) >= 11 is 0.959. The van der Waals surface area contributed by atoms with Crippen LogP contribution in [0.5, 0.6) is 0 Å². The lowest BCUT2D eigenvalue weighted by Gasteiger charge is -2.14. The van der Waals surface area contributed by atoms with Gasteiger partial charge in [-0.1, -0.05) is 12.1 Å². The van der Waals surface area contributed by atoms with Crippen molar-refractivity contribution in [2.24, 2.45) is 5.14 Å². The normalized spacial score (nSPS) is 10.4. The van der Waals surface area contributed by atoms with E-state index in [0.717, 1.165) is 35.4 Å². The molecule has 0 aliphatic carbocycles. The van der Waals surface area contributed by atoms with Gasteiger partial charge in [0.05, 0.1) is 17.6 Å². The molecular formula is C18H20FN7S. The average molecular weight is 385 g/mol. The number of hydrogen-bond donors (Lipinski definition) is 4. The first-order chi connectivity index (χ1) is 13.1. The Labute approximate surface area is 161 Å². The minimum atomic E-state index is -0.557. The summed E-state index contributed by atoms with van der Waals surface area (Å²) in [5.41, 5.74) is 3.25. The molecule has 0 unspecified atom stereocenters. The number of benzene rings is 2. The fraction of sp³-hybridized carbons (Fsp3) is 0.111. The van der Waals surface area contributed by atoms with E-state index in [-0.39, 0.29) is 11.8 Å². The molecule has 0 fully saturated rings. The first-order valence-corrected chi connectivity index (χ1v) is 8.99. The first-order valence-electron chi connectivity index (χ1n) is 8.11. The molecule has 1 aromatic heterocycles. The quantitative estimate of drug-likeness (QED) is 0.452. The molecule has 0 aliphatic heterocycles. The van der Waals surface area contributed by atoms with Crippen LogP contribution in [0, 0.1) is 5.82 Å². The number of nitrogens with two attached hydrogens (primary N) is 1. The lowest BCUT2D eigenvalue weighted by molar-refractivity contribution is 0.619. The van der Waals surface area contributed by atoms with Gasteiger partial charge in [-0.2, -0.15) is 4.98 Å². The number of nitrogens with zero attached hydrogens (tertiary/aromatic N) is 3. The van der Waals surface area contributed by atoms with Crippen molar-refractivity contribution in [1.82, 2.24) is 9.97 Å². The Kier molecular flexibility index (Phi) is 5.94. The van der Waals surface area contributed by atoms with Crippen LogP contribution in [0.4, 0.5) is 38.9 Å². The highest BCUT2D eigenvalue weighted by Crippen LogP contribution is 2.27. The highest BCUT2D eigenvalue weighted by atomic mass is 32.2. The van der Waals surface area contributed by atoms with E-state index >= 15 is 0 Å². The van der Waals surface area contributed by atoms with Gasteiger partial charge in [-0.15, -0.1) is 0 Å². The summed E-state index contributed by atoms with van der Waals surface area (Å²) in [5, 5.41) is 11.5. The molecular weight excluding hydrogens is 365 g/mol. The van der Waals surface area contributed by atoms with Gasteiger partial charge >= 0.3 is 0 Å². The van der Waals surface area contributed by atoms with Crippen LogP contribution in [0.3, 0.4) is 0 Å². The summed E-state index contributed by atoms with van der Waals surface area (Å²) < 4.78 is 17.1. The zero-order valence-electron chi connectivity index (χ0n) is 14.9. The summed E-state index contributed by atoms with van der Waals surface area (Å²) in [6.07, 6.45) is 1.12. The van der Waals surface area contributed by atoms with Crippen LogP contribution in [-0.4, -0.2) is 24.1 Å². The van der Waals surface area contributed by atoms with Gasteiger partial charge in [0.25, 0.3) is 0 Å². The number of rotatable bonds is 7. The van der Waals surface area contributed by atoms with Gasteiger partial charge in [-0.05, 0) is 36.4 Å². The van der Waals surface area contributed by atoms with Crippen LogP contribution >= 0.6 is 12.1 Å². The second-order valence-corrected chi connectivity index (χ2v) is 6.29. The maximum atomic E-state index is 14.2. The summed E-state index contributed by atoms with van der Waals surface area (Å²) in [5.74, 6) is -0.206. The van der Waals surface area contributed by atoms with E-state index in [2.05, 4.69) is 25.3 Å². The molecule has 9 heteroatoms. The smallest absolute Gasteiger partial charge is 0.229 e. The summed E-state index contributed by atoms with van der Waals surface area (Å²) in [6.45, 7) is 0. The Hall–Kier alpha value is -3.04. The van der Waals surface area contributed by atoms with Crippen molar-refractivity contribution in [3.8, 4) is 0 Å². The van der Waals surface area contributed by atoms with E-state index in [1.165, 1.54) is 0 Å². The molecule has 3 aromatic rings. The largest absolute Gasteiger partial charge is 0.378 e. The molecule has 27 heavy (non-hydrogen) atoms. The number of aromatic nitrogens is 2. The van der Waals surface area contributed by atoms with Gasteiger partial charge in [-0.3, -0.25) is 5.14 Å². The Morgan fingerprint density at radius 3 is 2.37 bits per heavy atom. The third-order valence-electron chi connectivity index (χ3n) is 3.73. The molecule has 0 saturated carbocycles. The van der Waals surface area contributed by atoms with E-state index < -0.39 is 5.82 Å². The number of halogens is 1. The third-order valence-corrected chi connectivity index (χ3v) is 4.07. The number of nitrogens with one attached hydrogen (secondary N) is 3. The molecule has 0 amide bonds. The highest BCUT2D eigenvalue weighted by molar-refractivity contribution is 7.98. The monoisotopic (exact) mass is 385 g/mol. The molecule has 7 nitrogen and oxygen atoms in total. The molecule has 0 saturated heterocycles. The topological polar surface area (TPSA) is 91.1 Å². The Morgan fingerprint density at radius 2 is 1.70 bits per heavy atom. The van der Waals surface area contributed by atoms with Crippen molar-refractivity contribution >= 4 is 46.6 Å². The molecule has 0 spiro atoms. The van der Waals surface area contributed by atoms with Gasteiger partial charge in [0.15, 0.2) is 11.6 Å². The zero-order valence-corrected chi connectivity index (χ0v) is 15.7. The minimum Gasteiger partial charge on any atom is -0.378 e. The van der Waals surface area contributed by atoms with Crippen LogP contribution in [0.15, 0.2) is 54.7 Å². The molecule has 0 aliphatic rings. The molecule has 3 rings (SSSR count). The van der Waals surface area contributed by atoms with Gasteiger partial charge < -0.3 is 20.3 Å². The van der Waals surface area contributed by atoms with Crippen molar-refractivity contribution in [2.75, 3.05) is 34.4 Å². The van der Waals surface area contributed by atoms with Gasteiger partial charge in [0, 0.05) is 37.6 Å². The van der Waals surface area contributed by atoms with Gasteiger partial charge in [-0.25, -0.2) is 9.37 Å². The predicted octanol–water partition coefficient (Wildman–Crippen LogP) is 4.10. The maximum Gasteiger partial charge on any atom is 0.229 e. The molecule has 0 bridgehead atoms. The lowest BCUT2D eigenvalue weighted by atomic mass is 10.2. The second kappa shape index (κ2) is 8.56. The van der Waals surface area contributed by atoms with Crippen LogP contribution in [0.1, 0.15) is 0 Å². The minimum absolute atomic E-state index is 0.0636. The van der Waals surface area contributed by atoms with Crippen LogP contribution < -0.4 is 25.4 Å². The molecule has 1 heterocycles. The van der Waals surface area contributed by atoms with Crippen LogP contribution in [0.25, 0.3) is 0 Å². The van der Waals surface area contributed by atoms with Crippen molar-refractivity contribution in [1.29, 1.82) is 0 Å². The van der Waals surface area contributed by atoms with Crippen LogP contribution in [0.2, 0.25) is 0 Å². The summed E-state index contributed by atoms with van der Waals surface area (Å²) in [7, 11) is 3.94. The molecule has 140 valence electrons. The number of anilines is 6. The van der Waals surface area contributed by atoms with Gasteiger partial charge in [0.1, 0.15) is 0 Å². The second-order valence-electron chi connectivity index (χ2n) is 5.85.